The van der Waals surface area contributed by atoms with Crippen LogP contribution in [0.25, 0.3) is 11.3 Å². The molecule has 11 heteroatoms. The zero-order valence-electron chi connectivity index (χ0n) is 23.5. The number of anilines is 2. The van der Waals surface area contributed by atoms with Crippen molar-refractivity contribution in [1.29, 1.82) is 0 Å². The number of ether oxygens (including phenoxy) is 3. The van der Waals surface area contributed by atoms with Crippen LogP contribution >= 0.6 is 0 Å². The summed E-state index contributed by atoms with van der Waals surface area (Å²) in [5.41, 5.74) is 8.32. The van der Waals surface area contributed by atoms with E-state index in [1.165, 1.54) is 0 Å². The molecule has 0 spiro atoms. The number of hydrogen-bond donors (Lipinski definition) is 2. The van der Waals surface area contributed by atoms with Crippen molar-refractivity contribution >= 4 is 11.5 Å². The average Bonchev–Trinajstić information content (AvgIpc) is 3.57. The number of nitrogens with two attached hydrogens (primary N) is 1. The molecule has 11 nitrogen and oxygen atoms in total. The van der Waals surface area contributed by atoms with Crippen LogP contribution < -0.4 is 15.4 Å². The second-order valence-corrected chi connectivity index (χ2v) is 11.3. The van der Waals surface area contributed by atoms with Gasteiger partial charge in [0.2, 0.25) is 0 Å². The zero-order valence-corrected chi connectivity index (χ0v) is 23.5. The van der Waals surface area contributed by atoms with Crippen molar-refractivity contribution in [2.45, 2.75) is 56.9 Å². The van der Waals surface area contributed by atoms with Crippen molar-refractivity contribution in [2.75, 3.05) is 57.1 Å². The largest absolute Gasteiger partial charge is 0.433 e. The second kappa shape index (κ2) is 11.0. The average molecular weight is 550 g/mol. The van der Waals surface area contributed by atoms with Crippen molar-refractivity contribution in [3.05, 3.63) is 42.4 Å². The maximum atomic E-state index is 11.6. The van der Waals surface area contributed by atoms with Crippen LogP contribution in [0.2, 0.25) is 0 Å². The van der Waals surface area contributed by atoms with Gasteiger partial charge in [0.05, 0.1) is 56.3 Å². The van der Waals surface area contributed by atoms with Gasteiger partial charge in [-0.05, 0) is 70.6 Å². The molecule has 40 heavy (non-hydrogen) atoms. The van der Waals surface area contributed by atoms with E-state index >= 15 is 0 Å². The van der Waals surface area contributed by atoms with Gasteiger partial charge in [0.25, 0.3) is 5.88 Å². The number of benzene rings is 1. The van der Waals surface area contributed by atoms with E-state index in [0.29, 0.717) is 43.7 Å². The fraction of sp³-hybridized carbons (Fsp3) is 0.552. The molecule has 5 heterocycles. The van der Waals surface area contributed by atoms with E-state index in [-0.39, 0.29) is 23.8 Å². The van der Waals surface area contributed by atoms with Crippen molar-refractivity contribution < 1.29 is 19.3 Å². The number of nitrogens with zero attached hydrogens (tertiary/aromatic N) is 6. The van der Waals surface area contributed by atoms with E-state index in [2.05, 4.69) is 46.0 Å². The number of likely N-dealkylation sites (tertiary alicyclic amines) is 1. The third-order valence-corrected chi connectivity index (χ3v) is 8.56. The van der Waals surface area contributed by atoms with Crippen molar-refractivity contribution in [3.8, 4) is 22.9 Å². The minimum Gasteiger partial charge on any atom is -0.433 e. The molecular weight excluding hydrogens is 510 g/mol. The van der Waals surface area contributed by atoms with E-state index in [0.717, 1.165) is 49.3 Å². The molecule has 0 radical (unpaired) electrons. The molecule has 3 N–H and O–H groups in total. The SMILES string of the molecule is CC1COCCN1c1cc(-c2cnc(N)c(Oc3cnn(C4CCN(C)CC4)c3)n2)cc(C2(O)CCOC2C)c1. The Morgan fingerprint density at radius 3 is 2.67 bits per heavy atom. The third-order valence-electron chi connectivity index (χ3n) is 8.56. The maximum Gasteiger partial charge on any atom is 0.263 e. The van der Waals surface area contributed by atoms with Gasteiger partial charge in [-0.25, -0.2) is 9.97 Å². The standard InChI is InChI=1S/C29H39N7O4/c1-19-18-38-11-9-35(19)24-13-21(12-22(14-24)29(37)6-10-39-20(29)2)26-16-31-27(30)28(33-26)40-25-15-32-36(17-25)23-4-7-34(3)8-5-23/h12-17,19-20,23,37H,4-11,18H2,1-3H3,(H2,30,31). The lowest BCUT2D eigenvalue weighted by Gasteiger charge is -2.36. The molecule has 3 aliphatic rings. The number of morpholine rings is 1. The summed E-state index contributed by atoms with van der Waals surface area (Å²) in [5.74, 6) is 0.994. The lowest BCUT2D eigenvalue weighted by molar-refractivity contribution is -0.0316. The van der Waals surface area contributed by atoms with Crippen molar-refractivity contribution in [2.24, 2.45) is 0 Å². The highest BCUT2D eigenvalue weighted by Gasteiger charge is 2.42. The maximum absolute atomic E-state index is 11.6. The number of hydrogen-bond acceptors (Lipinski definition) is 10. The smallest absolute Gasteiger partial charge is 0.263 e. The fourth-order valence-electron chi connectivity index (χ4n) is 5.94. The van der Waals surface area contributed by atoms with Crippen LogP contribution in [-0.2, 0) is 15.1 Å². The summed E-state index contributed by atoms with van der Waals surface area (Å²) >= 11 is 0. The minimum absolute atomic E-state index is 0.196. The zero-order chi connectivity index (χ0) is 27.9. The van der Waals surface area contributed by atoms with E-state index in [4.69, 9.17) is 24.9 Å². The van der Waals surface area contributed by atoms with Gasteiger partial charge in [-0.2, -0.15) is 5.10 Å². The molecule has 0 bridgehead atoms. The molecule has 3 unspecified atom stereocenters. The van der Waals surface area contributed by atoms with E-state index in [1.807, 2.05) is 23.9 Å². The molecule has 0 amide bonds. The highest BCUT2D eigenvalue weighted by Crippen LogP contribution is 2.40. The molecule has 3 saturated heterocycles. The summed E-state index contributed by atoms with van der Waals surface area (Å²) < 4.78 is 19.5. The summed E-state index contributed by atoms with van der Waals surface area (Å²) in [6.45, 7) is 8.72. The van der Waals surface area contributed by atoms with Crippen molar-refractivity contribution in [1.82, 2.24) is 24.6 Å². The number of rotatable bonds is 6. The summed E-state index contributed by atoms with van der Waals surface area (Å²) in [6.07, 6.45) is 7.54. The quantitative estimate of drug-likeness (QED) is 0.474. The Kier molecular flexibility index (Phi) is 7.39. The molecule has 0 aliphatic carbocycles. The predicted molar refractivity (Wildman–Crippen MR) is 152 cm³/mol. The highest BCUT2D eigenvalue weighted by atomic mass is 16.5. The fourth-order valence-corrected chi connectivity index (χ4v) is 5.94. The van der Waals surface area contributed by atoms with Gasteiger partial charge in [0.1, 0.15) is 5.60 Å². The van der Waals surface area contributed by atoms with E-state index in [1.54, 1.807) is 12.4 Å². The Hall–Kier alpha value is -3.25. The molecule has 214 valence electrons. The lowest BCUT2D eigenvalue weighted by Crippen LogP contribution is -2.44. The van der Waals surface area contributed by atoms with Crippen LogP contribution in [-0.4, -0.2) is 88.4 Å². The van der Waals surface area contributed by atoms with Crippen LogP contribution in [0.1, 0.15) is 44.7 Å². The first-order chi connectivity index (χ1) is 19.3. The van der Waals surface area contributed by atoms with Crippen LogP contribution in [0.3, 0.4) is 0 Å². The highest BCUT2D eigenvalue weighted by molar-refractivity contribution is 5.69. The first-order valence-electron chi connectivity index (χ1n) is 14.2. The first kappa shape index (κ1) is 26.9. The second-order valence-electron chi connectivity index (χ2n) is 11.3. The van der Waals surface area contributed by atoms with Crippen molar-refractivity contribution in [3.63, 3.8) is 0 Å². The van der Waals surface area contributed by atoms with Gasteiger partial charge in [0, 0.05) is 30.3 Å². The topological polar surface area (TPSA) is 124 Å². The predicted octanol–water partition coefficient (Wildman–Crippen LogP) is 3.20. The van der Waals surface area contributed by atoms with Gasteiger partial charge < -0.3 is 34.9 Å². The van der Waals surface area contributed by atoms with Gasteiger partial charge in [-0.3, -0.25) is 4.68 Å². The van der Waals surface area contributed by atoms with Crippen LogP contribution in [0.4, 0.5) is 11.5 Å². The monoisotopic (exact) mass is 549 g/mol. The number of aliphatic hydroxyl groups is 1. The Balaban J connectivity index is 1.32. The molecule has 3 aliphatic heterocycles. The molecule has 0 saturated carbocycles. The summed E-state index contributed by atoms with van der Waals surface area (Å²) in [5, 5.41) is 16.2. The molecular formula is C29H39N7O4. The Morgan fingerprint density at radius 1 is 1.10 bits per heavy atom. The Morgan fingerprint density at radius 2 is 1.93 bits per heavy atom. The molecule has 2 aromatic heterocycles. The van der Waals surface area contributed by atoms with Gasteiger partial charge in [-0.1, -0.05) is 0 Å². The molecule has 3 atom stereocenters. The Labute approximate surface area is 234 Å². The lowest BCUT2D eigenvalue weighted by atomic mass is 9.86. The number of aromatic nitrogens is 4. The minimum atomic E-state index is -1.09. The molecule has 6 rings (SSSR count). The number of nitrogen functional groups attached to an aromatic ring is 1. The summed E-state index contributed by atoms with van der Waals surface area (Å²) in [7, 11) is 2.14. The first-order valence-corrected chi connectivity index (χ1v) is 14.2. The third kappa shape index (κ3) is 5.26. The van der Waals surface area contributed by atoms with Crippen LogP contribution in [0.5, 0.6) is 11.6 Å². The van der Waals surface area contributed by atoms with E-state index in [9.17, 15) is 5.11 Å². The van der Waals surface area contributed by atoms with E-state index < -0.39 is 5.60 Å². The normalized spacial score (nSPS) is 26.4. The summed E-state index contributed by atoms with van der Waals surface area (Å²) in [6, 6.07) is 6.66. The molecule has 3 aromatic rings. The van der Waals surface area contributed by atoms with Gasteiger partial charge in [0.15, 0.2) is 11.6 Å². The van der Waals surface area contributed by atoms with Crippen LogP contribution in [0.15, 0.2) is 36.8 Å². The molecule has 3 fully saturated rings. The molecule has 1 aromatic carbocycles. The van der Waals surface area contributed by atoms with Gasteiger partial charge >= 0.3 is 0 Å². The Bertz CT molecular complexity index is 1340. The van der Waals surface area contributed by atoms with Gasteiger partial charge in [-0.15, -0.1) is 0 Å². The van der Waals surface area contributed by atoms with Crippen LogP contribution in [0, 0.1) is 0 Å². The summed E-state index contributed by atoms with van der Waals surface area (Å²) in [4.78, 5) is 13.8. The number of piperidine rings is 1.